The van der Waals surface area contributed by atoms with Crippen LogP contribution in [0.25, 0.3) is 43.2 Å². The van der Waals surface area contributed by atoms with Gasteiger partial charge in [0.15, 0.2) is 0 Å². The highest BCUT2D eigenvalue weighted by Gasteiger charge is 2.66. The number of ether oxygens (including phenoxy) is 3. The van der Waals surface area contributed by atoms with Crippen molar-refractivity contribution in [2.75, 3.05) is 13.1 Å². The second-order valence-electron chi connectivity index (χ2n) is 40.6. The number of likely N-dealkylation sites (tertiary alicyclic amines) is 2. The fourth-order valence-electron chi connectivity index (χ4n) is 18.5. The highest BCUT2D eigenvalue weighted by Crippen LogP contribution is 2.53. The Morgan fingerprint density at radius 3 is 1.29 bits per heavy atom. The minimum atomic E-state index is -4.08. The van der Waals surface area contributed by atoms with Gasteiger partial charge in [0.1, 0.15) is 68.1 Å². The summed E-state index contributed by atoms with van der Waals surface area (Å²) in [5.41, 5.74) is 8.62. The van der Waals surface area contributed by atoms with Crippen molar-refractivity contribution in [3.05, 3.63) is 81.8 Å². The molecule has 692 valence electrons. The molecule has 28 nitrogen and oxygen atoms in total. The van der Waals surface area contributed by atoms with E-state index in [9.17, 15) is 50.4 Å². The number of fused-ring (bicyclic) bond motifs is 12. The average molecular weight is 1820 g/mol. The SMILES string of the molecule is C.CC[C@@H]1C[C@@]12NC(=O)[C@@H]1C[C@H](CN1C(=O)[C@@H](N)C(C)(C)C)Oc1nc3c(cccc3n1C(C)C)-c1nc(C(C)C)c(s1)CCC/C=C/CCCC1(CC1)S(=O)(=O)NC2=O.CC[C@@H]1C[C@@]12NC(=O)[C@@H]1C[C@H](CN1C(=O)[C@@H](NC(=O)OC(C)(C)C)C(C)(C)C)Oc1nc3c(cccc3n1C(C)C)-c1nc(C(C)C)c(s1)CCC/C=C/CCCC1(CC1)S(=O)(=O)NC2=O. The third-order valence-corrected chi connectivity index (χ3v) is 33.2. The average Bonchev–Trinajstić information content (AvgIpc) is 1.56. The summed E-state index contributed by atoms with van der Waals surface area (Å²) in [6.07, 6.45) is 19.3. The topological polar surface area (TPSA) is 370 Å². The van der Waals surface area contributed by atoms with Crippen LogP contribution in [0.1, 0.15) is 312 Å². The van der Waals surface area contributed by atoms with Crippen molar-refractivity contribution in [1.82, 2.24) is 64.3 Å². The summed E-state index contributed by atoms with van der Waals surface area (Å²) in [6.45, 7) is 37.0. The molecule has 4 spiro atoms. The highest BCUT2D eigenvalue weighted by atomic mass is 32.2. The van der Waals surface area contributed by atoms with E-state index in [1.54, 1.807) is 43.4 Å². The lowest BCUT2D eigenvalue weighted by atomic mass is 9.85. The van der Waals surface area contributed by atoms with Crippen LogP contribution in [-0.2, 0) is 66.4 Å². The first-order valence-corrected chi connectivity index (χ1v) is 50.1. The Labute approximate surface area is 753 Å². The van der Waals surface area contributed by atoms with E-state index in [1.165, 1.54) is 19.6 Å². The zero-order valence-electron chi connectivity index (χ0n) is 76.7. The van der Waals surface area contributed by atoms with Gasteiger partial charge >= 0.3 is 6.09 Å². The fraction of sp³-hybridized carbons (Fsp3) is 0.670. The summed E-state index contributed by atoms with van der Waals surface area (Å²) in [5, 5.41) is 10.5. The van der Waals surface area contributed by atoms with Crippen molar-refractivity contribution in [3.8, 4) is 33.2 Å². The molecule has 4 aromatic heterocycles. The molecule has 14 rings (SSSR count). The number of nitrogens with zero attached hydrogens (tertiary/aromatic N) is 8. The Morgan fingerprint density at radius 2 is 0.952 bits per heavy atom. The number of carbonyl (C=O) groups is 7. The summed E-state index contributed by atoms with van der Waals surface area (Å²) in [6, 6.07) is 8.53. The number of aryl methyl sites for hydroxylation is 2. The Morgan fingerprint density at radius 1 is 0.563 bits per heavy atom. The molecule has 8 heterocycles. The van der Waals surface area contributed by atoms with E-state index in [1.807, 2.05) is 109 Å². The minimum absolute atomic E-state index is 0. The molecule has 7 N–H and O–H groups in total. The van der Waals surface area contributed by atoms with Crippen LogP contribution in [0.15, 0.2) is 60.7 Å². The molecule has 4 saturated carbocycles. The maximum atomic E-state index is 14.9. The number of sulfonamides is 2. The molecule has 6 fully saturated rings. The Balaban J connectivity index is 0.000000229. The second kappa shape index (κ2) is 37.3. The Hall–Kier alpha value is -8.33. The van der Waals surface area contributed by atoms with E-state index < -0.39 is 135 Å². The molecule has 12 bridgehead atoms. The van der Waals surface area contributed by atoms with Gasteiger partial charge < -0.3 is 45.7 Å². The van der Waals surface area contributed by atoms with Gasteiger partial charge in [-0.1, -0.05) is 140 Å². The number of hydrogen-bond donors (Lipinski definition) is 6. The Bertz CT molecular complexity index is 5360. The summed E-state index contributed by atoms with van der Waals surface area (Å²) in [4.78, 5) is 126. The first-order chi connectivity index (χ1) is 58.7. The molecule has 4 aliphatic heterocycles. The molecule has 0 radical (unpaired) electrons. The zero-order chi connectivity index (χ0) is 90.8. The maximum absolute atomic E-state index is 14.9. The van der Waals surface area contributed by atoms with Crippen molar-refractivity contribution in [1.29, 1.82) is 0 Å². The molecule has 2 saturated heterocycles. The first-order valence-electron chi connectivity index (χ1n) is 45.5. The van der Waals surface area contributed by atoms with E-state index in [2.05, 4.69) is 97.3 Å². The number of nitrogens with one attached hydrogen (secondary N) is 5. The van der Waals surface area contributed by atoms with E-state index in [4.69, 9.17) is 39.9 Å². The smallest absolute Gasteiger partial charge is 0.408 e. The number of aromatic nitrogens is 6. The third kappa shape index (κ3) is 20.2. The minimum Gasteiger partial charge on any atom is -0.459 e. The van der Waals surface area contributed by atoms with E-state index in [-0.39, 0.29) is 75.5 Å². The highest BCUT2D eigenvalue weighted by molar-refractivity contribution is 7.92. The maximum Gasteiger partial charge on any atom is 0.408 e. The van der Waals surface area contributed by atoms with Crippen LogP contribution in [-0.4, -0.2) is 173 Å². The van der Waals surface area contributed by atoms with Crippen molar-refractivity contribution in [3.63, 3.8) is 0 Å². The number of rotatable bonds is 9. The summed E-state index contributed by atoms with van der Waals surface area (Å²) in [7, 11) is -8.10. The first kappa shape index (κ1) is 96.7. The van der Waals surface area contributed by atoms with Gasteiger partial charge in [0.25, 0.3) is 23.8 Å². The number of carbonyl (C=O) groups excluding carboxylic acids is 7. The van der Waals surface area contributed by atoms with Gasteiger partial charge in [0.2, 0.25) is 43.7 Å². The fourth-order valence-corrected chi connectivity index (χ4v) is 24.5. The third-order valence-electron chi connectivity index (χ3n) is 26.4. The molecule has 7 amide bonds. The Kier molecular flexibility index (Phi) is 28.6. The van der Waals surface area contributed by atoms with Crippen molar-refractivity contribution in [2.45, 2.75) is 367 Å². The number of allylic oxidation sites excluding steroid dienone is 4. The molecule has 126 heavy (non-hydrogen) atoms. The van der Waals surface area contributed by atoms with Crippen LogP contribution in [0.2, 0.25) is 0 Å². The quantitative estimate of drug-likeness (QED) is 0.0732. The summed E-state index contributed by atoms with van der Waals surface area (Å²) >= 11 is 3.40. The van der Waals surface area contributed by atoms with Gasteiger partial charge in [-0.25, -0.2) is 31.6 Å². The number of hydrogen-bond acceptors (Lipinski definition) is 21. The van der Waals surface area contributed by atoms with Gasteiger partial charge in [0.05, 0.1) is 51.0 Å². The normalized spacial score (nSPS) is 26.2. The molecule has 8 aliphatic rings. The second-order valence-corrected chi connectivity index (χ2v) is 46.9. The molecule has 10 atom stereocenters. The van der Waals surface area contributed by atoms with Crippen molar-refractivity contribution in [2.24, 2.45) is 28.4 Å². The number of para-hydroxylation sites is 2. The number of thiazole rings is 2. The van der Waals surface area contributed by atoms with Gasteiger partial charge in [-0.2, -0.15) is 9.97 Å². The van der Waals surface area contributed by atoms with Crippen LogP contribution in [0, 0.1) is 22.7 Å². The molecule has 32 heteroatoms. The molecule has 2 aromatic carbocycles. The predicted octanol–water partition coefficient (Wildman–Crippen LogP) is 16.0. The summed E-state index contributed by atoms with van der Waals surface area (Å²) < 4.78 is 81.6. The van der Waals surface area contributed by atoms with Crippen molar-refractivity contribution < 1.29 is 64.6 Å². The predicted molar refractivity (Wildman–Crippen MR) is 495 cm³/mol. The monoisotopic (exact) mass is 1810 g/mol. The summed E-state index contributed by atoms with van der Waals surface area (Å²) in [5.74, 6) is -3.66. The number of amides is 7. The standard InChI is InChI=1S/C49H71N7O8S2.C44H63N7O6S2.CH4/c1-12-31-27-49(31)43(59)54-66(61,62)48(24-25-48)23-18-16-14-13-15-17-22-36-37(29(2)3)50-41(65-36)33-20-19-21-34-38(33)51-44(56(34)30(4)5)63-32-26-35(40(57)53-49)55(28-32)42(58)39(46(6,7)8)52-45(60)64-47(9,10)11;1-9-28-24-44(28)40(54)49-59(55,56)43(21-22-43)20-15-13-11-10-12-14-19-33-34(26(2)3)46-38(58-33)30-17-16-18-31-35(30)47-41(51(31)27(4)5)57-29-23-32(37(52)48-44)50(25-29)39(53)36(45)42(6,7)8;/h13-14,19-21,29-32,35,39H,12,15-18,22-28H2,1-11H3,(H,52,60)(H,53,57)(H,54,59);10-11,16-18,26-29,32,36H,9,12-15,19-25,45H2,1-8H3,(H,48,52)(H,49,54);1H4/b14-13+;11-10+;/t31-,32-,35+,39-,49-;28-,29-,32+,36-,44-;/m11./s1. The van der Waals surface area contributed by atoms with E-state index >= 15 is 0 Å². The van der Waals surface area contributed by atoms with Gasteiger partial charge in [-0.05, 0) is 223 Å². The number of benzene rings is 2. The molecular formula is C94H138N14O14S4. The number of nitrogens with two attached hydrogens (primary N) is 1. The molecular weight excluding hydrogens is 1680 g/mol. The van der Waals surface area contributed by atoms with Gasteiger partial charge in [-0.3, -0.25) is 47.3 Å². The molecule has 6 aromatic rings. The van der Waals surface area contributed by atoms with Gasteiger partial charge in [0, 0.05) is 45.8 Å². The van der Waals surface area contributed by atoms with Crippen LogP contribution in [0.4, 0.5) is 4.79 Å². The van der Waals surface area contributed by atoms with Crippen LogP contribution >= 0.6 is 22.7 Å². The lowest BCUT2D eigenvalue weighted by Crippen LogP contribution is -2.60. The lowest BCUT2D eigenvalue weighted by Gasteiger charge is -2.36. The van der Waals surface area contributed by atoms with E-state index in [0.717, 1.165) is 106 Å². The zero-order valence-corrected chi connectivity index (χ0v) is 79.9. The number of imidazole rings is 2. The van der Waals surface area contributed by atoms with Crippen molar-refractivity contribution >= 4 is 106 Å². The number of alkyl carbamates (subject to hydrolysis) is 1. The molecule has 4 aliphatic carbocycles. The van der Waals surface area contributed by atoms with Gasteiger partial charge in [-0.15, -0.1) is 22.7 Å². The van der Waals surface area contributed by atoms with Crippen LogP contribution < -0.4 is 40.6 Å². The van der Waals surface area contributed by atoms with Crippen LogP contribution in [0.3, 0.4) is 0 Å². The largest absolute Gasteiger partial charge is 0.459 e. The van der Waals surface area contributed by atoms with Crippen LogP contribution in [0.5, 0.6) is 12.0 Å². The van der Waals surface area contributed by atoms with E-state index in [0.29, 0.717) is 82.6 Å². The molecule has 0 unspecified atom stereocenters. The lowest BCUT2D eigenvalue weighted by molar-refractivity contribution is -0.143.